The van der Waals surface area contributed by atoms with Gasteiger partial charge in [-0.25, -0.2) is 14.4 Å². The van der Waals surface area contributed by atoms with Gasteiger partial charge in [0.25, 0.3) is 0 Å². The normalized spacial score (nSPS) is 13.2. The molecule has 0 amide bonds. The fourth-order valence-electron chi connectivity index (χ4n) is 4.04. The highest BCUT2D eigenvalue weighted by molar-refractivity contribution is 5.98. The van der Waals surface area contributed by atoms with Crippen molar-refractivity contribution in [3.8, 4) is 16.9 Å². The average molecular weight is 534 g/mol. The number of anilines is 2. The topological polar surface area (TPSA) is 112 Å². The van der Waals surface area contributed by atoms with Gasteiger partial charge in [-0.15, -0.1) is 0 Å². The quantitative estimate of drug-likeness (QED) is 0.271. The van der Waals surface area contributed by atoms with E-state index in [0.29, 0.717) is 47.3 Å². The average Bonchev–Trinajstić information content (AvgIpc) is 3.37. The second kappa shape index (κ2) is 13.6. The minimum atomic E-state index is -0.494. The summed E-state index contributed by atoms with van der Waals surface area (Å²) in [7, 11) is 3.37. The van der Waals surface area contributed by atoms with Crippen molar-refractivity contribution in [2.75, 3.05) is 25.6 Å². The monoisotopic (exact) mass is 533 g/mol. The van der Waals surface area contributed by atoms with Gasteiger partial charge in [-0.2, -0.15) is 5.10 Å². The third kappa shape index (κ3) is 6.30. The minimum Gasteiger partial charge on any atom is -0.489 e. The molecule has 0 aliphatic carbocycles. The zero-order valence-electron chi connectivity index (χ0n) is 23.1. The molecule has 2 aromatic carbocycles. The zero-order valence-corrected chi connectivity index (χ0v) is 23.1. The van der Waals surface area contributed by atoms with E-state index >= 15 is 4.39 Å². The van der Waals surface area contributed by atoms with Gasteiger partial charge in [-0.05, 0) is 50.5 Å². The Morgan fingerprint density at radius 3 is 2.56 bits per heavy atom. The second-order valence-electron chi connectivity index (χ2n) is 8.46. The molecule has 39 heavy (non-hydrogen) atoms. The molecular formula is C29H36FN7O2. The Bertz CT molecular complexity index is 1430. The van der Waals surface area contributed by atoms with E-state index < -0.39 is 5.82 Å². The molecule has 3 heterocycles. The van der Waals surface area contributed by atoms with E-state index in [1.807, 2.05) is 46.1 Å². The van der Waals surface area contributed by atoms with Crippen molar-refractivity contribution in [3.63, 3.8) is 0 Å². The SMILES string of the molecule is C=Cc1c(N=C)ccc(Nc2ncnc3cc(-c4cnn(C)c4)cc(OC(C)C4COC4)c23)c1F.CC.CN. The number of benzene rings is 2. The molecular weight excluding hydrogens is 497 g/mol. The summed E-state index contributed by atoms with van der Waals surface area (Å²) >= 11 is 0. The lowest BCUT2D eigenvalue weighted by atomic mass is 10.0. The number of ether oxygens (including phenoxy) is 2. The molecule has 3 N–H and O–H groups in total. The van der Waals surface area contributed by atoms with E-state index in [9.17, 15) is 0 Å². The smallest absolute Gasteiger partial charge is 0.156 e. The van der Waals surface area contributed by atoms with E-state index in [-0.39, 0.29) is 17.4 Å². The third-order valence-corrected chi connectivity index (χ3v) is 6.16. The summed E-state index contributed by atoms with van der Waals surface area (Å²) in [5.41, 5.74) is 7.90. The molecule has 0 saturated carbocycles. The van der Waals surface area contributed by atoms with Gasteiger partial charge in [-0.1, -0.05) is 26.5 Å². The van der Waals surface area contributed by atoms with Crippen LogP contribution in [0.25, 0.3) is 28.1 Å². The van der Waals surface area contributed by atoms with Gasteiger partial charge in [0, 0.05) is 30.3 Å². The van der Waals surface area contributed by atoms with E-state index in [2.05, 4.69) is 44.4 Å². The Kier molecular flexibility index (Phi) is 10.2. The molecule has 0 spiro atoms. The minimum absolute atomic E-state index is 0.0915. The lowest BCUT2D eigenvalue weighted by molar-refractivity contribution is -0.0773. The maximum absolute atomic E-state index is 15.2. The molecule has 1 unspecified atom stereocenters. The van der Waals surface area contributed by atoms with Crippen LogP contribution in [0.1, 0.15) is 26.3 Å². The van der Waals surface area contributed by atoms with Crippen molar-refractivity contribution in [1.29, 1.82) is 0 Å². The van der Waals surface area contributed by atoms with E-state index in [1.54, 1.807) is 23.0 Å². The zero-order chi connectivity index (χ0) is 28.5. The largest absolute Gasteiger partial charge is 0.489 e. The Hall–Kier alpha value is -4.15. The van der Waals surface area contributed by atoms with Crippen LogP contribution in [0.4, 0.5) is 21.6 Å². The van der Waals surface area contributed by atoms with Crippen LogP contribution in [0, 0.1) is 11.7 Å². The number of nitrogens with two attached hydrogens (primary N) is 1. The summed E-state index contributed by atoms with van der Waals surface area (Å²) in [5, 5.41) is 8.05. The first-order valence-electron chi connectivity index (χ1n) is 12.8. The molecule has 1 atom stereocenters. The van der Waals surface area contributed by atoms with E-state index in [0.717, 1.165) is 11.1 Å². The molecule has 1 aliphatic rings. The van der Waals surface area contributed by atoms with Crippen LogP contribution < -0.4 is 15.8 Å². The van der Waals surface area contributed by atoms with Crippen molar-refractivity contribution in [2.24, 2.45) is 23.7 Å². The molecule has 206 valence electrons. The predicted octanol–water partition coefficient (Wildman–Crippen LogP) is 5.90. The van der Waals surface area contributed by atoms with Crippen LogP contribution in [0.15, 0.2) is 54.6 Å². The van der Waals surface area contributed by atoms with Gasteiger partial charge in [0.15, 0.2) is 5.82 Å². The molecule has 1 aliphatic heterocycles. The van der Waals surface area contributed by atoms with Crippen LogP contribution in [-0.4, -0.2) is 52.8 Å². The summed E-state index contributed by atoms with van der Waals surface area (Å²) in [6, 6.07) is 7.16. The first-order valence-corrected chi connectivity index (χ1v) is 12.8. The number of nitrogens with one attached hydrogen (secondary N) is 1. The molecule has 10 heteroatoms. The number of aryl methyl sites for hydroxylation is 1. The first-order chi connectivity index (χ1) is 19.0. The van der Waals surface area contributed by atoms with Gasteiger partial charge >= 0.3 is 0 Å². The molecule has 1 fully saturated rings. The highest BCUT2D eigenvalue weighted by atomic mass is 19.1. The van der Waals surface area contributed by atoms with E-state index in [4.69, 9.17) is 9.47 Å². The number of hydrogen-bond acceptors (Lipinski definition) is 8. The van der Waals surface area contributed by atoms with Crippen molar-refractivity contribution < 1.29 is 13.9 Å². The number of aromatic nitrogens is 4. The van der Waals surface area contributed by atoms with Gasteiger partial charge in [-0.3, -0.25) is 9.67 Å². The number of hydrogen-bond donors (Lipinski definition) is 2. The summed E-state index contributed by atoms with van der Waals surface area (Å²) in [5.74, 6) is 0.816. The molecule has 2 aromatic heterocycles. The Morgan fingerprint density at radius 1 is 1.23 bits per heavy atom. The molecule has 1 saturated heterocycles. The van der Waals surface area contributed by atoms with Crippen LogP contribution in [-0.2, 0) is 11.8 Å². The Labute approximate surface area is 228 Å². The van der Waals surface area contributed by atoms with Gasteiger partial charge < -0.3 is 20.5 Å². The lowest BCUT2D eigenvalue weighted by Crippen LogP contribution is -2.39. The molecule has 4 aromatic rings. The van der Waals surface area contributed by atoms with Crippen LogP contribution >= 0.6 is 0 Å². The van der Waals surface area contributed by atoms with E-state index in [1.165, 1.54) is 19.5 Å². The molecule has 5 rings (SSSR count). The highest BCUT2D eigenvalue weighted by Gasteiger charge is 2.28. The maximum atomic E-state index is 15.2. The summed E-state index contributed by atoms with van der Waals surface area (Å²) in [4.78, 5) is 12.8. The number of aliphatic imine (C=N–C) groups is 1. The van der Waals surface area contributed by atoms with Crippen molar-refractivity contribution in [3.05, 3.63) is 60.9 Å². The summed E-state index contributed by atoms with van der Waals surface area (Å²) in [6.07, 6.45) is 6.48. The number of rotatable bonds is 8. The molecule has 9 nitrogen and oxygen atoms in total. The van der Waals surface area contributed by atoms with Gasteiger partial charge in [0.1, 0.15) is 24.0 Å². The van der Waals surface area contributed by atoms with Gasteiger partial charge in [0.05, 0.1) is 41.7 Å². The van der Waals surface area contributed by atoms with Crippen molar-refractivity contribution >= 4 is 40.9 Å². The molecule has 0 radical (unpaired) electrons. The Balaban J connectivity index is 0.00000100. The fourth-order valence-corrected chi connectivity index (χ4v) is 4.04. The molecule has 0 bridgehead atoms. The van der Waals surface area contributed by atoms with Crippen molar-refractivity contribution in [1.82, 2.24) is 19.7 Å². The lowest BCUT2D eigenvalue weighted by Gasteiger charge is -2.32. The standard InChI is InChI=1S/C26H25FN6O2.C2H6.CH5N/c1-5-19-20(28-3)6-7-21(25(19)27)32-26-24-22(29-14-30-26)8-16(17-10-31-33(4)11-17)9-23(24)35-15(2)18-12-34-13-18;2*1-2/h5-11,14-15,18H,1,3,12-13H2,2,4H3,(H,29,30,32);1-2H3;2H2,1H3. The third-order valence-electron chi connectivity index (χ3n) is 6.16. The number of halogens is 1. The maximum Gasteiger partial charge on any atom is 0.156 e. The summed E-state index contributed by atoms with van der Waals surface area (Å²) < 4.78 is 28.8. The predicted molar refractivity (Wildman–Crippen MR) is 157 cm³/mol. The van der Waals surface area contributed by atoms with Crippen LogP contribution in [0.2, 0.25) is 0 Å². The second-order valence-corrected chi connectivity index (χ2v) is 8.46. The number of nitrogens with zero attached hydrogens (tertiary/aromatic N) is 5. The fraction of sp³-hybridized carbons (Fsp3) is 0.310. The van der Waals surface area contributed by atoms with Crippen molar-refractivity contribution in [2.45, 2.75) is 26.9 Å². The highest BCUT2D eigenvalue weighted by Crippen LogP contribution is 2.38. The summed E-state index contributed by atoms with van der Waals surface area (Å²) in [6.45, 7) is 14.5. The van der Waals surface area contributed by atoms with Crippen LogP contribution in [0.3, 0.4) is 0 Å². The van der Waals surface area contributed by atoms with Gasteiger partial charge in [0.2, 0.25) is 0 Å². The number of fused-ring (bicyclic) bond motifs is 1. The Morgan fingerprint density at radius 2 is 1.97 bits per heavy atom. The first kappa shape index (κ1) is 29.4. The van der Waals surface area contributed by atoms with Crippen LogP contribution in [0.5, 0.6) is 5.75 Å².